The zero-order valence-electron chi connectivity index (χ0n) is 12.1. The molecule has 1 aromatic rings. The number of hydrogen-bond acceptors (Lipinski definition) is 2. The summed E-state index contributed by atoms with van der Waals surface area (Å²) in [6.07, 6.45) is 2.37. The van der Waals surface area contributed by atoms with E-state index < -0.39 is 11.4 Å². The molecule has 1 aliphatic heterocycles. The van der Waals surface area contributed by atoms with Crippen molar-refractivity contribution in [1.29, 1.82) is 0 Å². The molecule has 1 fully saturated rings. The van der Waals surface area contributed by atoms with Crippen LogP contribution in [0.15, 0.2) is 24.3 Å². The molecule has 1 heterocycles. The van der Waals surface area contributed by atoms with E-state index in [1.165, 1.54) is 6.07 Å². The third kappa shape index (κ3) is 3.37. The highest BCUT2D eigenvalue weighted by molar-refractivity contribution is 5.74. The van der Waals surface area contributed by atoms with Crippen LogP contribution in [-0.2, 0) is 11.2 Å². The summed E-state index contributed by atoms with van der Waals surface area (Å²) < 4.78 is 13.2. The molecular weight excluding hydrogens is 257 g/mol. The monoisotopic (exact) mass is 279 g/mol. The van der Waals surface area contributed by atoms with Crippen LogP contribution in [0.1, 0.15) is 32.3 Å². The van der Waals surface area contributed by atoms with E-state index in [4.69, 9.17) is 0 Å². The fourth-order valence-corrected chi connectivity index (χ4v) is 2.96. The summed E-state index contributed by atoms with van der Waals surface area (Å²) in [5, 5.41) is 9.35. The number of aliphatic carboxylic acids is 1. The number of carboxylic acids is 1. The lowest BCUT2D eigenvalue weighted by Crippen LogP contribution is -2.49. The minimum atomic E-state index is -0.722. The van der Waals surface area contributed by atoms with E-state index in [0.29, 0.717) is 6.54 Å². The van der Waals surface area contributed by atoms with Crippen molar-refractivity contribution in [1.82, 2.24) is 4.90 Å². The molecule has 3 nitrogen and oxygen atoms in total. The molecule has 2 atom stereocenters. The van der Waals surface area contributed by atoms with Crippen LogP contribution in [0.5, 0.6) is 0 Å². The summed E-state index contributed by atoms with van der Waals surface area (Å²) in [7, 11) is 0. The smallest absolute Gasteiger partial charge is 0.310 e. The summed E-state index contributed by atoms with van der Waals surface area (Å²) in [5.74, 6) is -0.941. The third-order valence-corrected chi connectivity index (χ3v) is 4.29. The zero-order chi connectivity index (χ0) is 14.8. The second kappa shape index (κ2) is 5.92. The van der Waals surface area contributed by atoms with E-state index >= 15 is 0 Å². The van der Waals surface area contributed by atoms with Gasteiger partial charge in [0.2, 0.25) is 0 Å². The number of carboxylic acid groups (broad SMARTS) is 1. The number of carbonyl (C=O) groups is 1. The van der Waals surface area contributed by atoms with Gasteiger partial charge in [-0.3, -0.25) is 9.69 Å². The van der Waals surface area contributed by atoms with Crippen molar-refractivity contribution in [3.05, 3.63) is 35.6 Å². The van der Waals surface area contributed by atoms with Gasteiger partial charge in [-0.05, 0) is 57.4 Å². The highest BCUT2D eigenvalue weighted by Gasteiger charge is 2.38. The van der Waals surface area contributed by atoms with Crippen molar-refractivity contribution in [2.24, 2.45) is 5.41 Å². The Morgan fingerprint density at radius 3 is 2.95 bits per heavy atom. The van der Waals surface area contributed by atoms with E-state index in [1.54, 1.807) is 12.1 Å². The predicted octanol–water partition coefficient (Wildman–Crippen LogP) is 2.94. The molecule has 0 radical (unpaired) electrons. The standard InChI is InChI=1S/C16H22FNO2/c1-12(9-13-5-3-6-14(17)10-13)18-8-4-7-16(2,11-18)15(19)20/h3,5-6,10,12H,4,7-9,11H2,1-2H3,(H,19,20). The first-order valence-corrected chi connectivity index (χ1v) is 7.12. The quantitative estimate of drug-likeness (QED) is 0.921. The third-order valence-electron chi connectivity index (χ3n) is 4.29. The van der Waals surface area contributed by atoms with Crippen molar-refractivity contribution in [3.8, 4) is 0 Å². The number of halogens is 1. The summed E-state index contributed by atoms with van der Waals surface area (Å²) in [4.78, 5) is 13.6. The van der Waals surface area contributed by atoms with Gasteiger partial charge in [0.25, 0.3) is 0 Å². The van der Waals surface area contributed by atoms with Crippen LogP contribution in [0.2, 0.25) is 0 Å². The molecule has 0 saturated carbocycles. The maximum absolute atomic E-state index is 13.2. The van der Waals surface area contributed by atoms with Gasteiger partial charge >= 0.3 is 5.97 Å². The maximum Gasteiger partial charge on any atom is 0.310 e. The number of hydrogen-bond donors (Lipinski definition) is 1. The van der Waals surface area contributed by atoms with Crippen LogP contribution in [0, 0.1) is 11.2 Å². The lowest BCUT2D eigenvalue weighted by molar-refractivity contribution is -0.151. The van der Waals surface area contributed by atoms with Crippen molar-refractivity contribution in [2.45, 2.75) is 39.2 Å². The minimum absolute atomic E-state index is 0.218. The number of benzene rings is 1. The fourth-order valence-electron chi connectivity index (χ4n) is 2.96. The van der Waals surface area contributed by atoms with Gasteiger partial charge in [0.05, 0.1) is 5.41 Å². The first-order chi connectivity index (χ1) is 9.40. The SMILES string of the molecule is CC(Cc1cccc(F)c1)N1CCCC(C)(C(=O)O)C1. The van der Waals surface area contributed by atoms with Gasteiger partial charge < -0.3 is 5.11 Å². The van der Waals surface area contributed by atoms with Crippen molar-refractivity contribution >= 4 is 5.97 Å². The molecule has 0 spiro atoms. The first kappa shape index (κ1) is 15.0. The van der Waals surface area contributed by atoms with Gasteiger partial charge in [0.15, 0.2) is 0 Å². The fraction of sp³-hybridized carbons (Fsp3) is 0.562. The summed E-state index contributed by atoms with van der Waals surface area (Å²) in [5.41, 5.74) is 0.300. The molecule has 20 heavy (non-hydrogen) atoms. The average molecular weight is 279 g/mol. The number of rotatable bonds is 4. The highest BCUT2D eigenvalue weighted by Crippen LogP contribution is 2.31. The van der Waals surface area contributed by atoms with Crippen molar-refractivity contribution < 1.29 is 14.3 Å². The van der Waals surface area contributed by atoms with Gasteiger partial charge in [0, 0.05) is 12.6 Å². The molecule has 1 N–H and O–H groups in total. The molecule has 2 rings (SSSR count). The van der Waals surface area contributed by atoms with Crippen LogP contribution in [-0.4, -0.2) is 35.1 Å². The molecule has 1 aromatic carbocycles. The molecule has 1 saturated heterocycles. The van der Waals surface area contributed by atoms with E-state index in [1.807, 2.05) is 13.0 Å². The Morgan fingerprint density at radius 2 is 2.30 bits per heavy atom. The average Bonchev–Trinajstić information content (AvgIpc) is 2.38. The Bertz CT molecular complexity index is 491. The molecule has 2 unspecified atom stereocenters. The lowest BCUT2D eigenvalue weighted by Gasteiger charge is -2.40. The molecule has 1 aliphatic rings. The Kier molecular flexibility index (Phi) is 4.43. The zero-order valence-corrected chi connectivity index (χ0v) is 12.1. The van der Waals surface area contributed by atoms with E-state index in [-0.39, 0.29) is 11.9 Å². The van der Waals surface area contributed by atoms with Gasteiger partial charge in [-0.15, -0.1) is 0 Å². The Morgan fingerprint density at radius 1 is 1.55 bits per heavy atom. The van der Waals surface area contributed by atoms with Gasteiger partial charge in [-0.25, -0.2) is 4.39 Å². The molecule has 110 valence electrons. The topological polar surface area (TPSA) is 40.5 Å². The largest absolute Gasteiger partial charge is 0.481 e. The van der Waals surface area contributed by atoms with Crippen LogP contribution >= 0.6 is 0 Å². The van der Waals surface area contributed by atoms with Crippen molar-refractivity contribution in [2.75, 3.05) is 13.1 Å². The minimum Gasteiger partial charge on any atom is -0.481 e. The second-order valence-corrected chi connectivity index (χ2v) is 6.12. The molecule has 4 heteroatoms. The molecule has 0 aromatic heterocycles. The van der Waals surface area contributed by atoms with Crippen molar-refractivity contribution in [3.63, 3.8) is 0 Å². The van der Waals surface area contributed by atoms with Gasteiger partial charge in [-0.1, -0.05) is 12.1 Å². The Balaban J connectivity index is 2.02. The van der Waals surface area contributed by atoms with E-state index in [2.05, 4.69) is 11.8 Å². The van der Waals surface area contributed by atoms with Crippen LogP contribution < -0.4 is 0 Å². The number of piperidine rings is 1. The molecular formula is C16H22FNO2. The highest BCUT2D eigenvalue weighted by atomic mass is 19.1. The summed E-state index contributed by atoms with van der Waals surface area (Å²) in [6, 6.07) is 6.85. The normalized spacial score (nSPS) is 25.4. The van der Waals surface area contributed by atoms with Crippen LogP contribution in [0.4, 0.5) is 4.39 Å². The Labute approximate surface area is 119 Å². The molecule has 0 bridgehead atoms. The lowest BCUT2D eigenvalue weighted by atomic mass is 9.81. The maximum atomic E-state index is 13.2. The number of nitrogens with zero attached hydrogens (tertiary/aromatic N) is 1. The first-order valence-electron chi connectivity index (χ1n) is 7.12. The summed E-state index contributed by atoms with van der Waals surface area (Å²) in [6.45, 7) is 5.38. The molecule has 0 amide bonds. The Hall–Kier alpha value is -1.42. The predicted molar refractivity (Wildman–Crippen MR) is 76.1 cm³/mol. The summed E-state index contributed by atoms with van der Waals surface area (Å²) >= 11 is 0. The van der Waals surface area contributed by atoms with Gasteiger partial charge in [0.1, 0.15) is 5.82 Å². The second-order valence-electron chi connectivity index (χ2n) is 6.12. The van der Waals surface area contributed by atoms with Gasteiger partial charge in [-0.2, -0.15) is 0 Å². The van der Waals surface area contributed by atoms with Crippen LogP contribution in [0.3, 0.4) is 0 Å². The van der Waals surface area contributed by atoms with Crippen LogP contribution in [0.25, 0.3) is 0 Å². The molecule has 0 aliphatic carbocycles. The van der Waals surface area contributed by atoms with E-state index in [9.17, 15) is 14.3 Å². The number of likely N-dealkylation sites (tertiary alicyclic amines) is 1. The van der Waals surface area contributed by atoms with E-state index in [0.717, 1.165) is 31.4 Å².